The number of hydrogen-bond donors (Lipinski definition) is 3. The average Bonchev–Trinajstić information content (AvgIpc) is 2.56. The number of halogens is 1. The quantitative estimate of drug-likeness (QED) is 0.329. The van der Waals surface area contributed by atoms with Crippen molar-refractivity contribution in [2.45, 2.75) is 51.7 Å². The average molecular weight is 505 g/mol. The first kappa shape index (κ1) is 24.0. The van der Waals surface area contributed by atoms with Crippen molar-refractivity contribution in [3.8, 4) is 5.75 Å². The molecule has 8 nitrogen and oxygen atoms in total. The predicted molar refractivity (Wildman–Crippen MR) is 110 cm³/mol. The van der Waals surface area contributed by atoms with Crippen molar-refractivity contribution in [3.63, 3.8) is 0 Å². The summed E-state index contributed by atoms with van der Waals surface area (Å²) in [7, 11) is 0. The third-order valence-corrected chi connectivity index (χ3v) is 4.36. The first-order valence-electron chi connectivity index (χ1n) is 8.81. The van der Waals surface area contributed by atoms with E-state index in [-0.39, 0.29) is 12.8 Å². The number of carboxylic acid groups (broad SMARTS) is 2. The molecule has 1 aromatic carbocycles. The fourth-order valence-electron chi connectivity index (χ4n) is 2.35. The van der Waals surface area contributed by atoms with Gasteiger partial charge in [-0.05, 0) is 86.9 Å². The normalized spacial score (nSPS) is 13.3. The number of hydrogen-bond acceptors (Lipinski definition) is 5. The van der Waals surface area contributed by atoms with Crippen molar-refractivity contribution in [2.24, 2.45) is 5.92 Å². The predicted octanol–water partition coefficient (Wildman–Crippen LogP) is 3.52. The van der Waals surface area contributed by atoms with Crippen LogP contribution in [0.4, 0.5) is 4.79 Å². The van der Waals surface area contributed by atoms with Crippen molar-refractivity contribution >= 4 is 40.6 Å². The number of carbonyl (C=O) groups excluding carboxylic acids is 1. The summed E-state index contributed by atoms with van der Waals surface area (Å²) in [5.41, 5.74) is -0.786. The minimum atomic E-state index is -1.35. The van der Waals surface area contributed by atoms with Crippen LogP contribution in [-0.4, -0.2) is 46.5 Å². The van der Waals surface area contributed by atoms with E-state index >= 15 is 0 Å². The molecule has 1 rings (SSSR count). The number of alkyl carbamates (subject to hydrolysis) is 1. The summed E-state index contributed by atoms with van der Waals surface area (Å²) in [6.45, 7) is 5.25. The van der Waals surface area contributed by atoms with Crippen LogP contribution in [0, 0.1) is 9.49 Å². The molecule has 28 heavy (non-hydrogen) atoms. The number of nitrogens with one attached hydrogen (secondary N) is 1. The second-order valence-electron chi connectivity index (χ2n) is 7.25. The molecule has 1 amide bonds. The lowest BCUT2D eigenvalue weighted by atomic mass is 9.95. The van der Waals surface area contributed by atoms with Gasteiger partial charge in [-0.1, -0.05) is 0 Å². The van der Waals surface area contributed by atoms with Crippen molar-refractivity contribution < 1.29 is 34.1 Å². The van der Waals surface area contributed by atoms with Crippen LogP contribution in [0.3, 0.4) is 0 Å². The van der Waals surface area contributed by atoms with Crippen LogP contribution < -0.4 is 10.1 Å². The molecule has 0 bridgehead atoms. The minimum absolute atomic E-state index is 0.222. The molecular formula is C19H26INO7. The third kappa shape index (κ3) is 9.77. The molecule has 0 spiro atoms. The third-order valence-electron chi connectivity index (χ3n) is 3.64. The zero-order valence-electron chi connectivity index (χ0n) is 16.1. The number of benzene rings is 1. The van der Waals surface area contributed by atoms with Crippen LogP contribution in [0.2, 0.25) is 0 Å². The van der Waals surface area contributed by atoms with E-state index in [1.165, 1.54) is 0 Å². The lowest BCUT2D eigenvalue weighted by Gasteiger charge is -2.23. The van der Waals surface area contributed by atoms with Gasteiger partial charge in [0.25, 0.3) is 0 Å². The molecule has 0 aliphatic heterocycles. The molecule has 1 aromatic rings. The van der Waals surface area contributed by atoms with Gasteiger partial charge in [-0.25, -0.2) is 9.59 Å². The second-order valence-corrected chi connectivity index (χ2v) is 8.50. The highest BCUT2D eigenvalue weighted by molar-refractivity contribution is 14.1. The number of ether oxygens (including phenoxy) is 2. The molecule has 156 valence electrons. The van der Waals surface area contributed by atoms with Gasteiger partial charge in [-0.15, -0.1) is 0 Å². The standard InChI is InChI=1S/C19H26INO7/c1-19(2,3)28-18(26)21-15(17(24)25)11-12(16(22)23)5-4-10-27-14-8-6-13(20)7-9-14/h6-9,12,15H,4-5,10-11H2,1-3H3,(H,21,26)(H,22,23)(H,24,25)/t12-,15+/m1/s1/i20-2. The first-order chi connectivity index (χ1) is 13.0. The highest BCUT2D eigenvalue weighted by Gasteiger charge is 2.29. The van der Waals surface area contributed by atoms with Crippen molar-refractivity contribution in [1.29, 1.82) is 0 Å². The zero-order valence-corrected chi connectivity index (χ0v) is 18.3. The summed E-state index contributed by atoms with van der Waals surface area (Å²) in [5, 5.41) is 20.9. The van der Waals surface area contributed by atoms with E-state index in [2.05, 4.69) is 27.9 Å². The molecule has 0 aliphatic carbocycles. The topological polar surface area (TPSA) is 122 Å². The van der Waals surface area contributed by atoms with Gasteiger partial charge in [0.2, 0.25) is 0 Å². The molecule has 0 aliphatic rings. The number of carbonyl (C=O) groups is 3. The molecule has 3 N–H and O–H groups in total. The summed E-state index contributed by atoms with van der Waals surface area (Å²) in [6.07, 6.45) is -0.486. The number of rotatable bonds is 10. The number of carboxylic acids is 2. The molecule has 9 heteroatoms. The van der Waals surface area contributed by atoms with E-state index in [9.17, 15) is 24.6 Å². The van der Waals surface area contributed by atoms with Gasteiger partial charge in [0, 0.05) is 3.57 Å². The molecule has 0 radical (unpaired) electrons. The molecular weight excluding hydrogens is 479 g/mol. The molecule has 0 saturated carbocycles. The van der Waals surface area contributed by atoms with Crippen LogP contribution in [0.15, 0.2) is 24.3 Å². The molecule has 0 heterocycles. The van der Waals surface area contributed by atoms with E-state index in [4.69, 9.17) is 9.47 Å². The monoisotopic (exact) mass is 505 g/mol. The van der Waals surface area contributed by atoms with Crippen LogP contribution in [0.25, 0.3) is 0 Å². The maximum absolute atomic E-state index is 11.8. The van der Waals surface area contributed by atoms with Gasteiger partial charge in [0.05, 0.1) is 12.5 Å². The van der Waals surface area contributed by atoms with Gasteiger partial charge < -0.3 is 25.0 Å². The Morgan fingerprint density at radius 2 is 1.71 bits per heavy atom. The van der Waals surface area contributed by atoms with E-state index in [1.807, 2.05) is 24.3 Å². The van der Waals surface area contributed by atoms with E-state index in [1.54, 1.807) is 20.8 Å². The van der Waals surface area contributed by atoms with E-state index < -0.39 is 35.6 Å². The number of aliphatic carboxylic acids is 2. The van der Waals surface area contributed by atoms with Crippen LogP contribution >= 0.6 is 22.6 Å². The highest BCUT2D eigenvalue weighted by Crippen LogP contribution is 2.18. The smallest absolute Gasteiger partial charge is 0.408 e. The lowest BCUT2D eigenvalue weighted by Crippen LogP contribution is -2.45. The van der Waals surface area contributed by atoms with Crippen LogP contribution in [-0.2, 0) is 14.3 Å². The molecule has 0 unspecified atom stereocenters. The second kappa shape index (κ2) is 11.1. The summed E-state index contributed by atoms with van der Waals surface area (Å²) in [4.78, 5) is 34.7. The Kier molecular flexibility index (Phi) is 9.50. The molecule has 2 atom stereocenters. The Hall–Kier alpha value is -2.04. The Morgan fingerprint density at radius 3 is 2.21 bits per heavy atom. The van der Waals surface area contributed by atoms with Crippen LogP contribution in [0.1, 0.15) is 40.0 Å². The molecule has 0 fully saturated rings. The van der Waals surface area contributed by atoms with E-state index in [0.29, 0.717) is 18.8 Å². The SMILES string of the molecule is CC(C)(C)OC(=O)N[C@@H](C[C@@H](CCCOc1ccc([125I])cc1)C(=O)O)C(=O)O. The number of amides is 1. The van der Waals surface area contributed by atoms with Crippen molar-refractivity contribution in [3.05, 3.63) is 27.8 Å². The minimum Gasteiger partial charge on any atom is -0.494 e. The first-order valence-corrected chi connectivity index (χ1v) is 9.89. The zero-order chi connectivity index (χ0) is 21.3. The van der Waals surface area contributed by atoms with Gasteiger partial charge in [-0.2, -0.15) is 0 Å². The summed E-state index contributed by atoms with van der Waals surface area (Å²) < 4.78 is 11.7. The fourth-order valence-corrected chi connectivity index (χ4v) is 2.71. The van der Waals surface area contributed by atoms with Crippen LogP contribution in [0.5, 0.6) is 5.75 Å². The summed E-state index contributed by atoms with van der Waals surface area (Å²) >= 11 is 2.18. The lowest BCUT2D eigenvalue weighted by molar-refractivity contribution is -0.144. The summed E-state index contributed by atoms with van der Waals surface area (Å²) in [5.74, 6) is -2.68. The van der Waals surface area contributed by atoms with E-state index in [0.717, 1.165) is 3.57 Å². The maximum atomic E-state index is 11.8. The summed E-state index contributed by atoms with van der Waals surface area (Å²) in [6, 6.07) is 6.09. The fraction of sp³-hybridized carbons (Fsp3) is 0.526. The van der Waals surface area contributed by atoms with Gasteiger partial charge in [-0.3, -0.25) is 4.79 Å². The Bertz CT molecular complexity index is 670. The molecule has 0 aromatic heterocycles. The Morgan fingerprint density at radius 1 is 1.11 bits per heavy atom. The van der Waals surface area contributed by atoms with Crippen molar-refractivity contribution in [2.75, 3.05) is 6.61 Å². The largest absolute Gasteiger partial charge is 0.494 e. The molecule has 0 saturated heterocycles. The highest BCUT2D eigenvalue weighted by atomic mass is 125. The Labute approximate surface area is 177 Å². The van der Waals surface area contributed by atoms with Gasteiger partial charge >= 0.3 is 18.0 Å². The van der Waals surface area contributed by atoms with Gasteiger partial charge in [0.15, 0.2) is 0 Å². The maximum Gasteiger partial charge on any atom is 0.408 e. The Balaban J connectivity index is 2.55. The van der Waals surface area contributed by atoms with Gasteiger partial charge in [0.1, 0.15) is 17.4 Å². The van der Waals surface area contributed by atoms with Crippen molar-refractivity contribution in [1.82, 2.24) is 5.32 Å².